The van der Waals surface area contributed by atoms with E-state index in [2.05, 4.69) is 5.32 Å². The molecule has 2 unspecified atom stereocenters. The lowest BCUT2D eigenvalue weighted by Gasteiger charge is -2.15. The molecule has 1 aliphatic rings. The van der Waals surface area contributed by atoms with Gasteiger partial charge in [-0.3, -0.25) is 4.79 Å². The Bertz CT molecular complexity index is 363. The van der Waals surface area contributed by atoms with Gasteiger partial charge in [0.15, 0.2) is 0 Å². The topological polar surface area (TPSA) is 49.3 Å². The van der Waals surface area contributed by atoms with Gasteiger partial charge in [-0.2, -0.15) is 0 Å². The zero-order valence-electron chi connectivity index (χ0n) is 8.11. The van der Waals surface area contributed by atoms with Gasteiger partial charge in [-0.15, -0.1) is 0 Å². The number of carboxylic acids is 1. The number of benzene rings is 1. The molecule has 1 aromatic carbocycles. The van der Waals surface area contributed by atoms with E-state index in [1.165, 1.54) is 0 Å². The van der Waals surface area contributed by atoms with Crippen LogP contribution in [0.1, 0.15) is 17.9 Å². The van der Waals surface area contributed by atoms with Crippen LogP contribution in [-0.2, 0) is 4.79 Å². The molecule has 3 nitrogen and oxygen atoms in total. The molecule has 0 saturated carbocycles. The molecule has 0 aliphatic carbocycles. The minimum absolute atomic E-state index is 0.0553. The average molecular weight is 226 g/mol. The molecular weight excluding hydrogens is 214 g/mol. The summed E-state index contributed by atoms with van der Waals surface area (Å²) in [7, 11) is 0. The summed E-state index contributed by atoms with van der Waals surface area (Å²) >= 11 is 5.79. The van der Waals surface area contributed by atoms with E-state index in [1.807, 2.05) is 12.1 Å². The molecule has 1 heterocycles. The highest BCUT2D eigenvalue weighted by molar-refractivity contribution is 6.30. The molecule has 2 atom stereocenters. The van der Waals surface area contributed by atoms with Crippen LogP contribution < -0.4 is 5.32 Å². The number of nitrogens with one attached hydrogen (secondary N) is 1. The lowest BCUT2D eigenvalue weighted by molar-refractivity contribution is -0.139. The molecule has 1 saturated heterocycles. The van der Waals surface area contributed by atoms with E-state index in [1.54, 1.807) is 12.1 Å². The Labute approximate surface area is 93.1 Å². The summed E-state index contributed by atoms with van der Waals surface area (Å²) < 4.78 is 0. The molecule has 0 amide bonds. The first-order valence-corrected chi connectivity index (χ1v) is 5.28. The fourth-order valence-electron chi connectivity index (χ4n) is 2.03. The molecule has 15 heavy (non-hydrogen) atoms. The SMILES string of the molecule is O=C(O)C1NCCC1c1ccc(Cl)cc1. The van der Waals surface area contributed by atoms with Crippen LogP contribution in [-0.4, -0.2) is 23.7 Å². The summed E-state index contributed by atoms with van der Waals surface area (Å²) in [4.78, 5) is 11.0. The first-order valence-electron chi connectivity index (χ1n) is 4.90. The maximum Gasteiger partial charge on any atom is 0.321 e. The predicted molar refractivity (Wildman–Crippen MR) is 58.2 cm³/mol. The highest BCUT2D eigenvalue weighted by atomic mass is 35.5. The smallest absolute Gasteiger partial charge is 0.321 e. The summed E-state index contributed by atoms with van der Waals surface area (Å²) in [6.07, 6.45) is 0.860. The Morgan fingerprint density at radius 3 is 2.67 bits per heavy atom. The van der Waals surface area contributed by atoms with Gasteiger partial charge in [0, 0.05) is 10.9 Å². The Morgan fingerprint density at radius 1 is 1.40 bits per heavy atom. The van der Waals surface area contributed by atoms with E-state index in [9.17, 15) is 4.79 Å². The number of carboxylic acid groups (broad SMARTS) is 1. The lowest BCUT2D eigenvalue weighted by atomic mass is 9.92. The number of hydrogen-bond acceptors (Lipinski definition) is 2. The summed E-state index contributed by atoms with van der Waals surface area (Å²) in [5.41, 5.74) is 1.04. The van der Waals surface area contributed by atoms with Crippen molar-refractivity contribution in [3.63, 3.8) is 0 Å². The Hall–Kier alpha value is -1.06. The monoisotopic (exact) mass is 225 g/mol. The molecule has 0 radical (unpaired) electrons. The zero-order valence-corrected chi connectivity index (χ0v) is 8.87. The normalized spacial score (nSPS) is 25.4. The molecule has 1 aromatic rings. The molecular formula is C11H12ClNO2. The van der Waals surface area contributed by atoms with Crippen LogP contribution >= 0.6 is 11.6 Å². The molecule has 1 fully saturated rings. The van der Waals surface area contributed by atoms with E-state index in [0.29, 0.717) is 5.02 Å². The van der Waals surface area contributed by atoms with Gasteiger partial charge in [0.1, 0.15) is 6.04 Å². The second kappa shape index (κ2) is 4.21. The molecule has 2 N–H and O–H groups in total. The average Bonchev–Trinajstić information content (AvgIpc) is 2.67. The molecule has 80 valence electrons. The van der Waals surface area contributed by atoms with Crippen molar-refractivity contribution in [2.24, 2.45) is 0 Å². The van der Waals surface area contributed by atoms with Gasteiger partial charge in [-0.1, -0.05) is 23.7 Å². The zero-order chi connectivity index (χ0) is 10.8. The maximum atomic E-state index is 11.0. The van der Waals surface area contributed by atoms with Crippen LogP contribution in [0, 0.1) is 0 Å². The fourth-order valence-corrected chi connectivity index (χ4v) is 2.16. The predicted octanol–water partition coefficient (Wildman–Crippen LogP) is 1.87. The van der Waals surface area contributed by atoms with Crippen molar-refractivity contribution in [2.45, 2.75) is 18.4 Å². The van der Waals surface area contributed by atoms with Gasteiger partial charge < -0.3 is 10.4 Å². The van der Waals surface area contributed by atoms with Crippen molar-refractivity contribution in [1.82, 2.24) is 5.32 Å². The standard InChI is InChI=1S/C11H12ClNO2/c12-8-3-1-7(2-4-8)9-5-6-13-10(9)11(14)15/h1-4,9-10,13H,5-6H2,(H,14,15). The van der Waals surface area contributed by atoms with E-state index < -0.39 is 12.0 Å². The van der Waals surface area contributed by atoms with Crippen molar-refractivity contribution in [2.75, 3.05) is 6.54 Å². The van der Waals surface area contributed by atoms with Gasteiger partial charge in [-0.25, -0.2) is 0 Å². The number of carbonyl (C=O) groups is 1. The van der Waals surface area contributed by atoms with Crippen molar-refractivity contribution >= 4 is 17.6 Å². The van der Waals surface area contributed by atoms with Gasteiger partial charge in [0.2, 0.25) is 0 Å². The molecule has 1 aliphatic heterocycles. The Kier molecular flexibility index (Phi) is 2.93. The minimum atomic E-state index is -0.785. The van der Waals surface area contributed by atoms with Crippen LogP contribution in [0.15, 0.2) is 24.3 Å². The van der Waals surface area contributed by atoms with Gasteiger partial charge >= 0.3 is 5.97 Å². The first-order chi connectivity index (χ1) is 7.18. The minimum Gasteiger partial charge on any atom is -0.480 e. The largest absolute Gasteiger partial charge is 0.480 e. The van der Waals surface area contributed by atoms with Gasteiger partial charge in [0.25, 0.3) is 0 Å². The highest BCUT2D eigenvalue weighted by Crippen LogP contribution is 2.28. The van der Waals surface area contributed by atoms with Crippen LogP contribution in [0.5, 0.6) is 0 Å². The third-order valence-corrected chi connectivity index (χ3v) is 3.04. The van der Waals surface area contributed by atoms with Crippen LogP contribution in [0.3, 0.4) is 0 Å². The summed E-state index contributed by atoms with van der Waals surface area (Å²) in [5, 5.41) is 12.7. The third kappa shape index (κ3) is 2.13. The van der Waals surface area contributed by atoms with Crippen molar-refractivity contribution < 1.29 is 9.90 Å². The number of rotatable bonds is 2. The molecule has 0 spiro atoms. The molecule has 2 rings (SSSR count). The second-order valence-corrected chi connectivity index (χ2v) is 4.15. The van der Waals surface area contributed by atoms with E-state index >= 15 is 0 Å². The molecule has 0 aromatic heterocycles. The fraction of sp³-hybridized carbons (Fsp3) is 0.364. The van der Waals surface area contributed by atoms with Crippen molar-refractivity contribution in [3.8, 4) is 0 Å². The summed E-state index contributed by atoms with van der Waals surface area (Å²) in [6.45, 7) is 0.754. The van der Waals surface area contributed by atoms with E-state index in [-0.39, 0.29) is 5.92 Å². The van der Waals surface area contributed by atoms with Gasteiger partial charge in [-0.05, 0) is 30.7 Å². The van der Waals surface area contributed by atoms with E-state index in [4.69, 9.17) is 16.7 Å². The van der Waals surface area contributed by atoms with Crippen LogP contribution in [0.2, 0.25) is 5.02 Å². The number of aliphatic carboxylic acids is 1. The molecule has 4 heteroatoms. The second-order valence-electron chi connectivity index (χ2n) is 3.72. The van der Waals surface area contributed by atoms with Crippen LogP contribution in [0.4, 0.5) is 0 Å². The maximum absolute atomic E-state index is 11.0. The summed E-state index contributed by atoms with van der Waals surface area (Å²) in [5.74, 6) is -0.729. The Balaban J connectivity index is 2.22. The van der Waals surface area contributed by atoms with Crippen molar-refractivity contribution in [1.29, 1.82) is 0 Å². The quantitative estimate of drug-likeness (QED) is 0.808. The number of hydrogen-bond donors (Lipinski definition) is 2. The highest BCUT2D eigenvalue weighted by Gasteiger charge is 2.33. The molecule has 0 bridgehead atoms. The lowest BCUT2D eigenvalue weighted by Crippen LogP contribution is -2.34. The summed E-state index contributed by atoms with van der Waals surface area (Å²) in [6, 6.07) is 6.93. The van der Waals surface area contributed by atoms with E-state index in [0.717, 1.165) is 18.5 Å². The first kappa shape index (κ1) is 10.5. The third-order valence-electron chi connectivity index (χ3n) is 2.79. The Morgan fingerprint density at radius 2 is 2.07 bits per heavy atom. The van der Waals surface area contributed by atoms with Crippen LogP contribution in [0.25, 0.3) is 0 Å². The van der Waals surface area contributed by atoms with Crippen molar-refractivity contribution in [3.05, 3.63) is 34.9 Å². The number of halogens is 1. The van der Waals surface area contributed by atoms with Gasteiger partial charge in [0.05, 0.1) is 0 Å².